The molecule has 0 spiro atoms. The van der Waals surface area contributed by atoms with Crippen molar-refractivity contribution in [1.82, 2.24) is 4.98 Å². The Kier molecular flexibility index (Phi) is 4.30. The van der Waals surface area contributed by atoms with E-state index in [1.807, 2.05) is 18.2 Å². The van der Waals surface area contributed by atoms with E-state index in [1.165, 1.54) is 31.4 Å². The number of carbonyl (C=O) groups excluding carboxylic acids is 1. The number of aldehydes is 1. The van der Waals surface area contributed by atoms with Gasteiger partial charge in [-0.25, -0.2) is 0 Å². The molecule has 3 heteroatoms. The number of nitrogens with zero attached hydrogens (tertiary/aromatic N) is 1. The molecule has 3 rings (SSSR count). The zero-order valence-corrected chi connectivity index (χ0v) is 12.4. The smallest absolute Gasteiger partial charge is 0.150 e. The summed E-state index contributed by atoms with van der Waals surface area (Å²) in [5, 5.41) is 1.03. The second kappa shape index (κ2) is 6.35. The van der Waals surface area contributed by atoms with Crippen LogP contribution >= 0.6 is 0 Å². The summed E-state index contributed by atoms with van der Waals surface area (Å²) < 4.78 is 5.38. The summed E-state index contributed by atoms with van der Waals surface area (Å²) in [7, 11) is 1.78. The number of rotatable bonds is 4. The highest BCUT2D eigenvalue weighted by Crippen LogP contribution is 2.37. The van der Waals surface area contributed by atoms with Crippen LogP contribution < -0.4 is 0 Å². The maximum absolute atomic E-state index is 10.8. The van der Waals surface area contributed by atoms with Crippen molar-refractivity contribution in [2.75, 3.05) is 13.7 Å². The largest absolute Gasteiger partial charge is 0.384 e. The highest BCUT2D eigenvalue weighted by Gasteiger charge is 2.27. The van der Waals surface area contributed by atoms with Crippen LogP contribution in [0, 0.1) is 5.92 Å². The molecule has 3 nitrogen and oxygen atoms in total. The van der Waals surface area contributed by atoms with Crippen molar-refractivity contribution in [3.63, 3.8) is 0 Å². The summed E-state index contributed by atoms with van der Waals surface area (Å²) in [6.07, 6.45) is 5.86. The molecule has 1 aliphatic rings. The lowest BCUT2D eigenvalue weighted by Crippen LogP contribution is -2.22. The minimum Gasteiger partial charge on any atom is -0.384 e. The van der Waals surface area contributed by atoms with Gasteiger partial charge >= 0.3 is 0 Å². The molecule has 21 heavy (non-hydrogen) atoms. The molecular formula is C18H21NO2. The fourth-order valence-corrected chi connectivity index (χ4v) is 3.45. The topological polar surface area (TPSA) is 39.2 Å². The normalized spacial score (nSPS) is 22.3. The maximum atomic E-state index is 10.8. The lowest BCUT2D eigenvalue weighted by atomic mass is 9.77. The van der Waals surface area contributed by atoms with Gasteiger partial charge in [-0.3, -0.25) is 9.78 Å². The van der Waals surface area contributed by atoms with Crippen molar-refractivity contribution in [3.05, 3.63) is 41.6 Å². The summed E-state index contributed by atoms with van der Waals surface area (Å²) in [5.74, 6) is 1.07. The number of pyridine rings is 1. The van der Waals surface area contributed by atoms with Gasteiger partial charge in [0.1, 0.15) is 6.29 Å². The molecule has 0 unspecified atom stereocenters. The minimum absolute atomic E-state index is 0.494. The summed E-state index contributed by atoms with van der Waals surface area (Å²) >= 11 is 0. The van der Waals surface area contributed by atoms with Crippen LogP contribution in [0.3, 0.4) is 0 Å². The molecule has 0 N–H and O–H groups in total. The average molecular weight is 283 g/mol. The van der Waals surface area contributed by atoms with Gasteiger partial charge in [-0.1, -0.05) is 18.9 Å². The van der Waals surface area contributed by atoms with E-state index in [-0.39, 0.29) is 0 Å². The van der Waals surface area contributed by atoms with Crippen molar-refractivity contribution in [2.24, 2.45) is 5.92 Å². The third-order valence-corrected chi connectivity index (χ3v) is 4.54. The van der Waals surface area contributed by atoms with Gasteiger partial charge in [-0.2, -0.15) is 0 Å². The monoisotopic (exact) mass is 283 g/mol. The first-order chi connectivity index (χ1) is 10.3. The van der Waals surface area contributed by atoms with Gasteiger partial charge in [0.05, 0.1) is 5.52 Å². The van der Waals surface area contributed by atoms with Gasteiger partial charge < -0.3 is 4.74 Å². The lowest BCUT2D eigenvalue weighted by Gasteiger charge is -2.30. The van der Waals surface area contributed by atoms with Crippen molar-refractivity contribution in [2.45, 2.75) is 31.6 Å². The Labute approximate surface area is 125 Å². The standard InChI is InChI=1S/C18H21NO2/c1-21-12-15-4-2-3-5-16(15)18-9-7-14-10-13(11-20)6-8-17(14)19-18/h6-11,15-16H,2-5,12H2,1H3/t15-,16+/m1/s1. The molecule has 110 valence electrons. The third kappa shape index (κ3) is 2.98. The van der Waals surface area contributed by atoms with Crippen LogP contribution in [-0.2, 0) is 4.74 Å². The average Bonchev–Trinajstić information content (AvgIpc) is 2.55. The molecule has 0 saturated heterocycles. The number of hydrogen-bond acceptors (Lipinski definition) is 3. The molecule has 0 aliphatic heterocycles. The predicted octanol–water partition coefficient (Wildman–Crippen LogP) is 3.97. The molecule has 0 amide bonds. The quantitative estimate of drug-likeness (QED) is 0.797. The summed E-state index contributed by atoms with van der Waals surface area (Å²) in [6.45, 7) is 0.814. The molecule has 1 aromatic heterocycles. The van der Waals surface area contributed by atoms with E-state index >= 15 is 0 Å². The number of methoxy groups -OCH3 is 1. The maximum Gasteiger partial charge on any atom is 0.150 e. The summed E-state index contributed by atoms with van der Waals surface area (Å²) in [4.78, 5) is 15.7. The van der Waals surface area contributed by atoms with E-state index in [1.54, 1.807) is 7.11 Å². The minimum atomic E-state index is 0.494. The fraction of sp³-hybridized carbons (Fsp3) is 0.444. The molecular weight excluding hydrogens is 262 g/mol. The summed E-state index contributed by atoms with van der Waals surface area (Å²) in [5.41, 5.74) is 2.84. The summed E-state index contributed by atoms with van der Waals surface area (Å²) in [6, 6.07) is 9.88. The van der Waals surface area contributed by atoms with E-state index < -0.39 is 0 Å². The Hall–Kier alpha value is -1.74. The van der Waals surface area contributed by atoms with E-state index in [2.05, 4.69) is 12.1 Å². The fourth-order valence-electron chi connectivity index (χ4n) is 3.45. The lowest BCUT2D eigenvalue weighted by molar-refractivity contribution is 0.112. The first-order valence-electron chi connectivity index (χ1n) is 7.66. The van der Waals surface area contributed by atoms with Crippen LogP contribution in [0.25, 0.3) is 10.9 Å². The molecule has 0 bridgehead atoms. The molecule has 1 heterocycles. The highest BCUT2D eigenvalue weighted by molar-refractivity contribution is 5.86. The first-order valence-corrected chi connectivity index (χ1v) is 7.66. The number of hydrogen-bond donors (Lipinski definition) is 0. The molecule has 1 aliphatic carbocycles. The number of aromatic nitrogens is 1. The Bertz CT molecular complexity index is 636. The van der Waals surface area contributed by atoms with Crippen LogP contribution in [0.5, 0.6) is 0 Å². The van der Waals surface area contributed by atoms with Crippen LogP contribution in [0.1, 0.15) is 47.7 Å². The molecule has 1 saturated carbocycles. The number of ether oxygens (including phenoxy) is 1. The van der Waals surface area contributed by atoms with Gasteiger partial charge in [0, 0.05) is 36.3 Å². The number of benzene rings is 1. The molecule has 1 aromatic carbocycles. The van der Waals surface area contributed by atoms with Gasteiger partial charge in [-0.15, -0.1) is 0 Å². The molecule has 0 radical (unpaired) electrons. The Morgan fingerprint density at radius 3 is 2.90 bits per heavy atom. The Morgan fingerprint density at radius 2 is 2.10 bits per heavy atom. The second-order valence-electron chi connectivity index (χ2n) is 5.91. The molecule has 2 aromatic rings. The highest BCUT2D eigenvalue weighted by atomic mass is 16.5. The zero-order chi connectivity index (χ0) is 14.7. The van der Waals surface area contributed by atoms with E-state index in [4.69, 9.17) is 9.72 Å². The van der Waals surface area contributed by atoms with E-state index in [0.29, 0.717) is 17.4 Å². The van der Waals surface area contributed by atoms with Gasteiger partial charge in [0.15, 0.2) is 0 Å². The predicted molar refractivity (Wildman–Crippen MR) is 83.7 cm³/mol. The van der Waals surface area contributed by atoms with Gasteiger partial charge in [0.2, 0.25) is 0 Å². The third-order valence-electron chi connectivity index (χ3n) is 4.54. The number of fused-ring (bicyclic) bond motifs is 1. The second-order valence-corrected chi connectivity index (χ2v) is 5.91. The Balaban J connectivity index is 1.93. The van der Waals surface area contributed by atoms with Gasteiger partial charge in [0.25, 0.3) is 0 Å². The molecule has 1 fully saturated rings. The van der Waals surface area contributed by atoms with Crippen LogP contribution in [0.2, 0.25) is 0 Å². The van der Waals surface area contributed by atoms with E-state index in [0.717, 1.165) is 23.8 Å². The van der Waals surface area contributed by atoms with Crippen molar-refractivity contribution in [3.8, 4) is 0 Å². The van der Waals surface area contributed by atoms with E-state index in [9.17, 15) is 4.79 Å². The van der Waals surface area contributed by atoms with Crippen LogP contribution in [0.15, 0.2) is 30.3 Å². The molecule has 2 atom stereocenters. The Morgan fingerprint density at radius 1 is 1.24 bits per heavy atom. The first kappa shape index (κ1) is 14.2. The van der Waals surface area contributed by atoms with Gasteiger partial charge in [-0.05, 0) is 43.0 Å². The zero-order valence-electron chi connectivity index (χ0n) is 12.4. The van der Waals surface area contributed by atoms with Crippen LogP contribution in [0.4, 0.5) is 0 Å². The van der Waals surface area contributed by atoms with Crippen molar-refractivity contribution in [1.29, 1.82) is 0 Å². The van der Waals surface area contributed by atoms with Crippen molar-refractivity contribution >= 4 is 17.2 Å². The SMILES string of the molecule is COC[C@H]1CCCC[C@@H]1c1ccc2cc(C=O)ccc2n1. The van der Waals surface area contributed by atoms with Crippen LogP contribution in [-0.4, -0.2) is 25.0 Å². The number of carbonyl (C=O) groups is 1. The van der Waals surface area contributed by atoms with Crippen molar-refractivity contribution < 1.29 is 9.53 Å².